The van der Waals surface area contributed by atoms with Crippen molar-refractivity contribution in [1.82, 2.24) is 0 Å². The largest absolute Gasteiger partial charge is 0.462 e. The Morgan fingerprint density at radius 3 is 1.98 bits per heavy atom. The molecular formula is C40H63FO3. The minimum Gasteiger partial charge on any atom is -0.462 e. The smallest absolute Gasteiger partial charge is 0.335 e. The van der Waals surface area contributed by atoms with Gasteiger partial charge in [-0.3, -0.25) is 0 Å². The van der Waals surface area contributed by atoms with Crippen molar-refractivity contribution >= 4 is 5.97 Å². The topological polar surface area (TPSA) is 46.5 Å². The molecule has 4 heteroatoms. The highest BCUT2D eigenvalue weighted by Gasteiger charge is 2.35. The molecule has 248 valence electrons. The van der Waals surface area contributed by atoms with Gasteiger partial charge < -0.3 is 9.84 Å². The predicted molar refractivity (Wildman–Crippen MR) is 180 cm³/mol. The number of carbonyl (C=O) groups is 1. The highest BCUT2D eigenvalue weighted by Crippen LogP contribution is 2.48. The molecule has 1 unspecified atom stereocenters. The number of benzene rings is 1. The van der Waals surface area contributed by atoms with E-state index in [9.17, 15) is 4.79 Å². The van der Waals surface area contributed by atoms with Gasteiger partial charge in [0.25, 0.3) is 0 Å². The summed E-state index contributed by atoms with van der Waals surface area (Å²) in [5.74, 6) is 4.81. The molecular weight excluding hydrogens is 547 g/mol. The Morgan fingerprint density at radius 1 is 0.841 bits per heavy atom. The van der Waals surface area contributed by atoms with Crippen molar-refractivity contribution in [3.05, 3.63) is 47.3 Å². The van der Waals surface area contributed by atoms with E-state index in [1.807, 2.05) is 0 Å². The molecule has 1 aromatic rings. The van der Waals surface area contributed by atoms with Crippen LogP contribution in [0.2, 0.25) is 0 Å². The van der Waals surface area contributed by atoms with E-state index in [0.717, 1.165) is 72.8 Å². The lowest BCUT2D eigenvalue weighted by Crippen LogP contribution is -2.29. The monoisotopic (exact) mass is 610 g/mol. The van der Waals surface area contributed by atoms with Gasteiger partial charge >= 0.3 is 5.97 Å². The number of hydrogen-bond acceptors (Lipinski definition) is 3. The molecule has 0 amide bonds. The van der Waals surface area contributed by atoms with Crippen LogP contribution in [0.3, 0.4) is 0 Å². The van der Waals surface area contributed by atoms with Crippen molar-refractivity contribution in [3.63, 3.8) is 0 Å². The maximum Gasteiger partial charge on any atom is 0.335 e. The second-order valence-electron chi connectivity index (χ2n) is 14.9. The number of esters is 1. The van der Waals surface area contributed by atoms with E-state index in [2.05, 4.69) is 32.6 Å². The van der Waals surface area contributed by atoms with Crippen molar-refractivity contribution in [2.24, 2.45) is 29.6 Å². The zero-order valence-electron chi connectivity index (χ0n) is 28.2. The van der Waals surface area contributed by atoms with E-state index in [4.69, 9.17) is 9.84 Å². The summed E-state index contributed by atoms with van der Waals surface area (Å²) in [4.78, 5) is 11.7. The summed E-state index contributed by atoms with van der Waals surface area (Å²) in [6.07, 6.45) is 25.9. The van der Waals surface area contributed by atoms with Crippen LogP contribution < -0.4 is 0 Å². The van der Waals surface area contributed by atoms with Crippen LogP contribution in [0, 0.1) is 35.4 Å². The summed E-state index contributed by atoms with van der Waals surface area (Å²) >= 11 is 0. The molecule has 3 fully saturated rings. The van der Waals surface area contributed by atoms with Gasteiger partial charge in [-0.1, -0.05) is 77.5 Å². The molecule has 0 radical (unpaired) electrons. The molecule has 1 atom stereocenters. The maximum atomic E-state index is 15.5. The van der Waals surface area contributed by atoms with E-state index < -0.39 is 5.97 Å². The molecule has 4 rings (SSSR count). The van der Waals surface area contributed by atoms with Crippen LogP contribution >= 0.6 is 0 Å². The Labute approximate surface area is 268 Å². The van der Waals surface area contributed by atoms with Crippen LogP contribution in [0.4, 0.5) is 4.39 Å². The summed E-state index contributed by atoms with van der Waals surface area (Å²) in [6, 6.07) is 6.03. The van der Waals surface area contributed by atoms with E-state index >= 15 is 4.39 Å². The molecule has 44 heavy (non-hydrogen) atoms. The molecule has 3 nitrogen and oxygen atoms in total. The van der Waals surface area contributed by atoms with Crippen LogP contribution in [0.15, 0.2) is 30.4 Å². The predicted octanol–water partition coefficient (Wildman–Crippen LogP) is 11.0. The first-order valence-corrected chi connectivity index (χ1v) is 18.7. The molecule has 3 aliphatic carbocycles. The standard InChI is InChI=1S/C40H63FO3/c1-4-6-7-10-30-12-14-32(15-13-30)33-16-18-34(19-17-33)35-20-22-36(23-21-35)38-25-24-37(27-39(38)41)31(9-5-2)11-8-26-44-40(43)29(3)28-42/h24-25,27,30-36,42H,3-23,26,28H2,1-2H3. The van der Waals surface area contributed by atoms with E-state index in [1.165, 1.54) is 89.9 Å². The quantitative estimate of drug-likeness (QED) is 0.115. The lowest BCUT2D eigenvalue weighted by atomic mass is 9.64. The first kappa shape index (κ1) is 35.2. The van der Waals surface area contributed by atoms with Crippen molar-refractivity contribution in [2.75, 3.05) is 13.2 Å². The van der Waals surface area contributed by atoms with Crippen LogP contribution in [0.1, 0.15) is 165 Å². The van der Waals surface area contributed by atoms with E-state index in [-0.39, 0.29) is 23.9 Å². The van der Waals surface area contributed by atoms with E-state index in [1.54, 1.807) is 6.07 Å². The molecule has 0 spiro atoms. The average Bonchev–Trinajstić information content (AvgIpc) is 3.06. The van der Waals surface area contributed by atoms with Gasteiger partial charge in [0.2, 0.25) is 0 Å². The summed E-state index contributed by atoms with van der Waals surface area (Å²) in [6.45, 7) is 7.90. The van der Waals surface area contributed by atoms with Gasteiger partial charge in [0.05, 0.1) is 18.8 Å². The Bertz CT molecular complexity index is 996. The minimum absolute atomic E-state index is 0.0293. The van der Waals surface area contributed by atoms with Crippen LogP contribution in [0.25, 0.3) is 0 Å². The van der Waals surface area contributed by atoms with Gasteiger partial charge in [-0.2, -0.15) is 0 Å². The number of hydrogen-bond donors (Lipinski definition) is 1. The zero-order chi connectivity index (χ0) is 31.3. The third-order valence-corrected chi connectivity index (χ3v) is 12.0. The summed E-state index contributed by atoms with van der Waals surface area (Å²) < 4.78 is 20.7. The van der Waals surface area contributed by atoms with Gasteiger partial charge in [0.1, 0.15) is 5.82 Å². The molecule has 1 N–H and O–H groups in total. The third kappa shape index (κ3) is 10.2. The molecule has 3 saturated carbocycles. The number of aliphatic hydroxyl groups is 1. The molecule has 0 bridgehead atoms. The lowest BCUT2D eigenvalue weighted by molar-refractivity contribution is -0.139. The van der Waals surface area contributed by atoms with Gasteiger partial charge in [-0.05, 0) is 142 Å². The first-order valence-electron chi connectivity index (χ1n) is 18.7. The minimum atomic E-state index is -0.539. The van der Waals surface area contributed by atoms with Crippen LogP contribution in [-0.2, 0) is 9.53 Å². The average molecular weight is 611 g/mol. The number of rotatable bonds is 16. The number of halogens is 1. The molecule has 0 aliphatic heterocycles. The number of carbonyl (C=O) groups excluding carboxylic acids is 1. The van der Waals surface area contributed by atoms with Crippen LogP contribution in [0.5, 0.6) is 0 Å². The highest BCUT2D eigenvalue weighted by atomic mass is 19.1. The Morgan fingerprint density at radius 2 is 1.43 bits per heavy atom. The Kier molecular flexibility index (Phi) is 14.8. The molecule has 3 aliphatic rings. The Hall–Kier alpha value is -1.68. The van der Waals surface area contributed by atoms with Gasteiger partial charge in [0.15, 0.2) is 0 Å². The van der Waals surface area contributed by atoms with Crippen LogP contribution in [-0.4, -0.2) is 24.3 Å². The number of unbranched alkanes of at least 4 members (excludes halogenated alkanes) is 2. The molecule has 0 aromatic heterocycles. The summed E-state index contributed by atoms with van der Waals surface area (Å²) in [5.41, 5.74) is 2.07. The zero-order valence-corrected chi connectivity index (χ0v) is 28.2. The first-order chi connectivity index (χ1) is 21.4. The molecule has 1 aromatic carbocycles. The fraction of sp³-hybridized carbons (Fsp3) is 0.775. The molecule has 0 heterocycles. The fourth-order valence-electron chi connectivity index (χ4n) is 9.24. The molecule has 0 saturated heterocycles. The highest BCUT2D eigenvalue weighted by molar-refractivity contribution is 5.87. The van der Waals surface area contributed by atoms with Crippen molar-refractivity contribution in [1.29, 1.82) is 0 Å². The number of aliphatic hydroxyl groups excluding tert-OH is 1. The number of ether oxygens (including phenoxy) is 1. The second-order valence-corrected chi connectivity index (χ2v) is 14.9. The van der Waals surface area contributed by atoms with Crippen molar-refractivity contribution in [2.45, 2.75) is 154 Å². The second kappa shape index (κ2) is 18.5. The SMILES string of the molecule is C=C(CO)C(=O)OCCCC(CCC)c1ccc(C2CCC(C3CCC(C4CCC(CCCCC)CC4)CC3)CC2)c(F)c1. The maximum absolute atomic E-state index is 15.5. The van der Waals surface area contributed by atoms with Gasteiger partial charge in [0, 0.05) is 0 Å². The third-order valence-electron chi connectivity index (χ3n) is 12.0. The lowest BCUT2D eigenvalue weighted by Gasteiger charge is -2.41. The Balaban J connectivity index is 1.19. The summed E-state index contributed by atoms with van der Waals surface area (Å²) in [5, 5.41) is 9.03. The van der Waals surface area contributed by atoms with Crippen molar-refractivity contribution in [3.8, 4) is 0 Å². The van der Waals surface area contributed by atoms with Gasteiger partial charge in [-0.15, -0.1) is 0 Å². The van der Waals surface area contributed by atoms with Gasteiger partial charge in [-0.25, -0.2) is 9.18 Å². The summed E-state index contributed by atoms with van der Waals surface area (Å²) in [7, 11) is 0. The van der Waals surface area contributed by atoms with Crippen molar-refractivity contribution < 1.29 is 19.0 Å². The fourth-order valence-corrected chi connectivity index (χ4v) is 9.24. The normalized spacial score (nSPS) is 28.4. The van der Waals surface area contributed by atoms with E-state index in [0.29, 0.717) is 18.9 Å².